The molecule has 2 heteroatoms. The number of nitrogens with one attached hydrogen (secondary N) is 1. The largest absolute Gasteiger partial charge is 0.307 e. The zero-order valence-electron chi connectivity index (χ0n) is 11.2. The molecule has 0 aliphatic heterocycles. The predicted octanol–water partition coefficient (Wildman–Crippen LogP) is 4.45. The second kappa shape index (κ2) is 7.44. The molecule has 0 radical (unpaired) electrons. The number of benzene rings is 1. The first kappa shape index (κ1) is 14.2. The van der Waals surface area contributed by atoms with Crippen molar-refractivity contribution in [1.82, 2.24) is 5.32 Å². The van der Waals surface area contributed by atoms with Gasteiger partial charge in [-0.1, -0.05) is 38.8 Å². The summed E-state index contributed by atoms with van der Waals surface area (Å²) < 4.78 is 12.8. The van der Waals surface area contributed by atoms with Crippen LogP contribution < -0.4 is 5.32 Å². The van der Waals surface area contributed by atoms with Crippen molar-refractivity contribution in [1.29, 1.82) is 0 Å². The van der Waals surface area contributed by atoms with Gasteiger partial charge in [0.15, 0.2) is 0 Å². The van der Waals surface area contributed by atoms with Crippen molar-refractivity contribution in [3.8, 4) is 0 Å². The summed E-state index contributed by atoms with van der Waals surface area (Å²) in [6, 6.07) is 7.63. The van der Waals surface area contributed by atoms with E-state index in [0.29, 0.717) is 6.04 Å². The minimum absolute atomic E-state index is 0.168. The van der Waals surface area contributed by atoms with Gasteiger partial charge in [0.05, 0.1) is 0 Å². The Morgan fingerprint density at radius 3 is 2.35 bits per heavy atom. The lowest BCUT2D eigenvalue weighted by Gasteiger charge is -2.22. The highest BCUT2D eigenvalue weighted by Gasteiger charge is 2.11. The second-order valence-electron chi connectivity index (χ2n) is 4.69. The molecule has 0 bridgehead atoms. The van der Waals surface area contributed by atoms with E-state index in [1.54, 1.807) is 0 Å². The molecule has 1 rings (SSSR count). The summed E-state index contributed by atoms with van der Waals surface area (Å²) in [5, 5.41) is 3.61. The van der Waals surface area contributed by atoms with E-state index in [4.69, 9.17) is 0 Å². The van der Waals surface area contributed by atoms with Crippen LogP contribution in [-0.2, 0) is 0 Å². The molecule has 17 heavy (non-hydrogen) atoms. The summed E-state index contributed by atoms with van der Waals surface area (Å²) >= 11 is 0. The Kier molecular flexibility index (Phi) is 6.20. The molecule has 1 unspecified atom stereocenters. The van der Waals surface area contributed by atoms with E-state index in [9.17, 15) is 4.39 Å². The molecule has 96 valence electrons. The third kappa shape index (κ3) is 4.86. The Balaban J connectivity index is 2.51. The van der Waals surface area contributed by atoms with Crippen molar-refractivity contribution in [3.63, 3.8) is 0 Å². The maximum atomic E-state index is 12.8. The van der Waals surface area contributed by atoms with E-state index < -0.39 is 0 Å². The van der Waals surface area contributed by atoms with E-state index in [0.717, 1.165) is 12.0 Å². The van der Waals surface area contributed by atoms with E-state index in [1.165, 1.54) is 31.4 Å². The fraction of sp³-hybridized carbons (Fsp3) is 0.600. The summed E-state index contributed by atoms with van der Waals surface area (Å²) in [6.07, 6.45) is 4.87. The van der Waals surface area contributed by atoms with E-state index >= 15 is 0 Å². The van der Waals surface area contributed by atoms with Crippen molar-refractivity contribution < 1.29 is 4.39 Å². The van der Waals surface area contributed by atoms with Gasteiger partial charge in [0.2, 0.25) is 0 Å². The number of hydrogen-bond acceptors (Lipinski definition) is 1. The third-order valence-electron chi connectivity index (χ3n) is 3.25. The zero-order chi connectivity index (χ0) is 12.7. The van der Waals surface area contributed by atoms with Crippen molar-refractivity contribution in [2.75, 3.05) is 0 Å². The number of halogens is 1. The number of rotatable bonds is 7. The average molecular weight is 237 g/mol. The molecule has 0 aliphatic rings. The van der Waals surface area contributed by atoms with Gasteiger partial charge >= 0.3 is 0 Å². The Bertz CT molecular complexity index is 307. The first-order chi connectivity index (χ1) is 8.17. The monoisotopic (exact) mass is 237 g/mol. The molecule has 2 atom stereocenters. The summed E-state index contributed by atoms with van der Waals surface area (Å²) in [5.74, 6) is -0.168. The Morgan fingerprint density at radius 1 is 1.18 bits per heavy atom. The molecular formula is C15H24FN. The Morgan fingerprint density at radius 2 is 1.82 bits per heavy atom. The molecule has 0 amide bonds. The van der Waals surface area contributed by atoms with Gasteiger partial charge in [0.25, 0.3) is 0 Å². The summed E-state index contributed by atoms with van der Waals surface area (Å²) in [4.78, 5) is 0. The number of unbranched alkanes of at least 4 members (excludes halogenated alkanes) is 1. The molecule has 0 aromatic heterocycles. The highest BCUT2D eigenvalue weighted by Crippen LogP contribution is 2.16. The molecule has 1 aromatic rings. The van der Waals surface area contributed by atoms with Crippen LogP contribution in [-0.4, -0.2) is 6.04 Å². The Hall–Kier alpha value is -0.890. The highest BCUT2D eigenvalue weighted by atomic mass is 19.1. The van der Waals surface area contributed by atoms with Crippen LogP contribution in [0.25, 0.3) is 0 Å². The molecule has 0 saturated heterocycles. The normalized spacial score (nSPS) is 14.6. The molecule has 0 spiro atoms. The quantitative estimate of drug-likeness (QED) is 0.739. The van der Waals surface area contributed by atoms with Crippen molar-refractivity contribution in [3.05, 3.63) is 35.6 Å². The van der Waals surface area contributed by atoms with Gasteiger partial charge in [0.1, 0.15) is 5.82 Å². The Labute approximate surface area is 104 Å². The second-order valence-corrected chi connectivity index (χ2v) is 4.69. The third-order valence-corrected chi connectivity index (χ3v) is 3.25. The summed E-state index contributed by atoms with van der Waals surface area (Å²) in [7, 11) is 0. The maximum Gasteiger partial charge on any atom is 0.123 e. The molecule has 0 fully saturated rings. The van der Waals surface area contributed by atoms with Crippen LogP contribution in [0.5, 0.6) is 0 Å². The van der Waals surface area contributed by atoms with Gasteiger partial charge in [0, 0.05) is 12.1 Å². The topological polar surface area (TPSA) is 12.0 Å². The van der Waals surface area contributed by atoms with Gasteiger partial charge in [-0.25, -0.2) is 4.39 Å². The zero-order valence-corrected chi connectivity index (χ0v) is 11.2. The van der Waals surface area contributed by atoms with E-state index in [2.05, 4.69) is 26.1 Å². The minimum atomic E-state index is -0.168. The smallest absolute Gasteiger partial charge is 0.123 e. The maximum absolute atomic E-state index is 12.8. The van der Waals surface area contributed by atoms with Gasteiger partial charge in [-0.2, -0.15) is 0 Å². The lowest BCUT2D eigenvalue weighted by molar-refractivity contribution is 0.410. The standard InChI is InChI=1S/C15H24FN/c1-4-6-7-15(5-2)17-12(3)13-8-10-14(16)11-9-13/h8-12,15,17H,4-7H2,1-3H3/t12-,15?/m1/s1. The van der Waals surface area contributed by atoms with Crippen molar-refractivity contribution in [2.45, 2.75) is 58.5 Å². The summed E-state index contributed by atoms with van der Waals surface area (Å²) in [5.41, 5.74) is 1.15. The van der Waals surface area contributed by atoms with Crippen LogP contribution in [0.15, 0.2) is 24.3 Å². The molecule has 0 aliphatic carbocycles. The lowest BCUT2D eigenvalue weighted by atomic mass is 10.0. The SMILES string of the molecule is CCCCC(CC)N[C@H](C)c1ccc(F)cc1. The van der Waals surface area contributed by atoms with E-state index in [-0.39, 0.29) is 11.9 Å². The first-order valence-corrected chi connectivity index (χ1v) is 6.68. The fourth-order valence-electron chi connectivity index (χ4n) is 2.06. The first-order valence-electron chi connectivity index (χ1n) is 6.68. The summed E-state index contributed by atoms with van der Waals surface area (Å²) in [6.45, 7) is 6.57. The van der Waals surface area contributed by atoms with E-state index in [1.807, 2.05) is 12.1 Å². The molecule has 0 heterocycles. The molecule has 1 aromatic carbocycles. The highest BCUT2D eigenvalue weighted by molar-refractivity contribution is 5.19. The van der Waals surface area contributed by atoms with Crippen LogP contribution in [0.1, 0.15) is 58.1 Å². The molecule has 1 N–H and O–H groups in total. The molecular weight excluding hydrogens is 213 g/mol. The van der Waals surface area contributed by atoms with Crippen LogP contribution in [0.2, 0.25) is 0 Å². The lowest BCUT2D eigenvalue weighted by Crippen LogP contribution is -2.30. The molecule has 0 saturated carbocycles. The predicted molar refractivity (Wildman–Crippen MR) is 71.6 cm³/mol. The number of hydrogen-bond donors (Lipinski definition) is 1. The molecule has 1 nitrogen and oxygen atoms in total. The van der Waals surface area contributed by atoms with Gasteiger partial charge in [-0.15, -0.1) is 0 Å². The fourth-order valence-corrected chi connectivity index (χ4v) is 2.06. The van der Waals surface area contributed by atoms with Crippen molar-refractivity contribution >= 4 is 0 Å². The van der Waals surface area contributed by atoms with Crippen LogP contribution in [0.3, 0.4) is 0 Å². The van der Waals surface area contributed by atoms with Crippen LogP contribution >= 0.6 is 0 Å². The van der Waals surface area contributed by atoms with Gasteiger partial charge < -0.3 is 5.32 Å². The van der Waals surface area contributed by atoms with Crippen LogP contribution in [0, 0.1) is 5.82 Å². The minimum Gasteiger partial charge on any atom is -0.307 e. The average Bonchev–Trinajstić information content (AvgIpc) is 2.35. The van der Waals surface area contributed by atoms with Gasteiger partial charge in [-0.05, 0) is 37.5 Å². The van der Waals surface area contributed by atoms with Crippen molar-refractivity contribution in [2.24, 2.45) is 0 Å². The van der Waals surface area contributed by atoms with Crippen LogP contribution in [0.4, 0.5) is 4.39 Å². The van der Waals surface area contributed by atoms with Gasteiger partial charge in [-0.3, -0.25) is 0 Å².